The minimum Gasteiger partial charge on any atom is -0.726 e. The quantitative estimate of drug-likeness (QED) is 0.152. The van der Waals surface area contributed by atoms with E-state index in [4.69, 9.17) is 23.7 Å². The molecule has 2 fully saturated rings. The molecule has 2 heterocycles. The SMILES string of the molecule is COC1COC(C(=O)[O-])C(OC2OC(COS(=O)(=O)[O-])CC(OS(=O)(=O)[O-])C2OS(=O)(=O)[O-])C1OC. The number of hydrogen-bond acceptors (Lipinski definition) is 19. The van der Waals surface area contributed by atoms with Crippen LogP contribution in [0.1, 0.15) is 6.42 Å². The van der Waals surface area contributed by atoms with Crippen molar-refractivity contribution < 1.29 is 85.0 Å². The first-order chi connectivity index (χ1) is 16.4. The van der Waals surface area contributed by atoms with Gasteiger partial charge in [0.1, 0.15) is 30.5 Å². The number of carboxylic acid groups (broad SMARTS) is 1. The second-order valence-electron chi connectivity index (χ2n) is 7.22. The lowest BCUT2D eigenvalue weighted by Gasteiger charge is -2.46. The zero-order chi connectivity index (χ0) is 27.5. The predicted molar refractivity (Wildman–Crippen MR) is 99.3 cm³/mol. The fourth-order valence-corrected chi connectivity index (χ4v) is 4.82. The van der Waals surface area contributed by atoms with Crippen LogP contribution in [0.5, 0.6) is 0 Å². The van der Waals surface area contributed by atoms with Crippen molar-refractivity contribution in [3.8, 4) is 0 Å². The van der Waals surface area contributed by atoms with Crippen LogP contribution < -0.4 is 5.11 Å². The van der Waals surface area contributed by atoms with Crippen molar-refractivity contribution in [2.24, 2.45) is 0 Å². The monoisotopic (exact) mass is 588 g/mol. The van der Waals surface area contributed by atoms with Gasteiger partial charge in [-0.3, -0.25) is 12.5 Å². The van der Waals surface area contributed by atoms with E-state index in [9.17, 15) is 48.8 Å². The molecule has 0 radical (unpaired) electrons. The summed E-state index contributed by atoms with van der Waals surface area (Å²) in [6, 6.07) is 0. The van der Waals surface area contributed by atoms with E-state index in [-0.39, 0.29) is 6.61 Å². The summed E-state index contributed by atoms with van der Waals surface area (Å²) >= 11 is 0. The lowest BCUT2D eigenvalue weighted by atomic mass is 9.98. The first-order valence-electron chi connectivity index (χ1n) is 9.51. The number of carbonyl (C=O) groups excluding carboxylic acids is 1. The van der Waals surface area contributed by atoms with Crippen LogP contribution in [-0.4, -0.2) is 121 Å². The van der Waals surface area contributed by atoms with Gasteiger partial charge in [-0.05, 0) is 0 Å². The van der Waals surface area contributed by atoms with Crippen LogP contribution in [0.2, 0.25) is 0 Å². The molecule has 22 heteroatoms. The van der Waals surface area contributed by atoms with E-state index in [0.29, 0.717) is 0 Å². The van der Waals surface area contributed by atoms with E-state index in [1.807, 2.05) is 0 Å². The van der Waals surface area contributed by atoms with E-state index < -0.39 is 99.2 Å². The molecular formula is C14H20O19S3-4. The summed E-state index contributed by atoms with van der Waals surface area (Å²) in [4.78, 5) is 11.6. The Hall–Kier alpha value is -1.12. The Morgan fingerprint density at radius 1 is 0.861 bits per heavy atom. The standard InChI is InChI=1S/C14H24O19S3/c1-26-8-5-28-12(13(15)16)11(9(8)27-2)31-14-10(33-36(23,24)25)7(32-35(20,21)22)3-6(30-14)4-29-34(17,18)19/h6-12,14H,3-5H2,1-2H3,(H,15,16)(H,17,18,19)(H,20,21,22)(H,23,24,25)/p-4. The number of rotatable bonds is 12. The maximum Gasteiger partial charge on any atom is 0.218 e. The highest BCUT2D eigenvalue weighted by atomic mass is 32.3. The smallest absolute Gasteiger partial charge is 0.218 e. The van der Waals surface area contributed by atoms with Gasteiger partial charge in [-0.15, -0.1) is 0 Å². The Morgan fingerprint density at radius 3 is 1.94 bits per heavy atom. The van der Waals surface area contributed by atoms with E-state index in [2.05, 4.69) is 12.5 Å². The molecule has 2 aliphatic heterocycles. The Bertz CT molecular complexity index is 1070. The van der Waals surface area contributed by atoms with Crippen molar-refractivity contribution in [3.05, 3.63) is 0 Å². The molecule has 0 N–H and O–H groups in total. The minimum absolute atomic E-state index is 0.341. The third-order valence-corrected chi connectivity index (χ3v) is 6.22. The highest BCUT2D eigenvalue weighted by Gasteiger charge is 2.49. The molecular weight excluding hydrogens is 568 g/mol. The van der Waals surface area contributed by atoms with Crippen LogP contribution in [0, 0.1) is 0 Å². The fourth-order valence-electron chi connectivity index (χ4n) is 3.52. The molecule has 212 valence electrons. The average molecular weight is 588 g/mol. The second-order valence-corrected chi connectivity index (χ2v) is 10.3. The van der Waals surface area contributed by atoms with Crippen LogP contribution in [0.4, 0.5) is 0 Å². The summed E-state index contributed by atoms with van der Waals surface area (Å²) in [7, 11) is -14.3. The molecule has 0 spiro atoms. The summed E-state index contributed by atoms with van der Waals surface area (Å²) in [5, 5.41) is 11.6. The Kier molecular flexibility index (Phi) is 10.5. The van der Waals surface area contributed by atoms with Gasteiger partial charge in [0, 0.05) is 20.6 Å². The Morgan fingerprint density at radius 2 is 1.47 bits per heavy atom. The van der Waals surface area contributed by atoms with Gasteiger partial charge in [-0.25, -0.2) is 25.3 Å². The molecule has 2 aliphatic rings. The maximum atomic E-state index is 11.6. The van der Waals surface area contributed by atoms with Crippen LogP contribution in [0.3, 0.4) is 0 Å². The van der Waals surface area contributed by atoms with E-state index in [1.54, 1.807) is 0 Å². The predicted octanol–water partition coefficient (Wildman–Crippen LogP) is -5.17. The van der Waals surface area contributed by atoms with Crippen LogP contribution in [0.25, 0.3) is 0 Å². The number of hydrogen-bond donors (Lipinski definition) is 0. The highest BCUT2D eigenvalue weighted by molar-refractivity contribution is 7.81. The first kappa shape index (κ1) is 31.1. The third kappa shape index (κ3) is 9.32. The largest absolute Gasteiger partial charge is 0.726 e. The Balaban J connectivity index is 2.49. The van der Waals surface area contributed by atoms with Crippen molar-refractivity contribution in [2.75, 3.05) is 27.4 Å². The highest BCUT2D eigenvalue weighted by Crippen LogP contribution is 2.32. The zero-order valence-corrected chi connectivity index (χ0v) is 20.7. The van der Waals surface area contributed by atoms with Gasteiger partial charge in [0.25, 0.3) is 0 Å². The van der Waals surface area contributed by atoms with Gasteiger partial charge in [0.15, 0.2) is 12.4 Å². The summed E-state index contributed by atoms with van der Waals surface area (Å²) in [5.41, 5.74) is 0. The molecule has 8 atom stereocenters. The van der Waals surface area contributed by atoms with Crippen molar-refractivity contribution in [1.82, 2.24) is 0 Å². The average Bonchev–Trinajstić information content (AvgIpc) is 2.71. The van der Waals surface area contributed by atoms with Gasteiger partial charge in [-0.1, -0.05) is 0 Å². The van der Waals surface area contributed by atoms with Crippen LogP contribution >= 0.6 is 0 Å². The van der Waals surface area contributed by atoms with Gasteiger partial charge in [0.05, 0.1) is 25.3 Å². The number of ether oxygens (including phenoxy) is 5. The van der Waals surface area contributed by atoms with Gasteiger partial charge < -0.3 is 47.2 Å². The summed E-state index contributed by atoms with van der Waals surface area (Å²) < 4.78 is 138. The summed E-state index contributed by atoms with van der Waals surface area (Å²) in [5.74, 6) is -1.85. The normalized spacial score (nSPS) is 34.4. The molecule has 19 nitrogen and oxygen atoms in total. The number of aliphatic carboxylic acids is 1. The van der Waals surface area contributed by atoms with Gasteiger partial charge in [-0.2, -0.15) is 0 Å². The molecule has 2 saturated heterocycles. The second kappa shape index (κ2) is 12.2. The topological polar surface area (TPSA) is 286 Å². The molecule has 8 unspecified atom stereocenters. The van der Waals surface area contributed by atoms with Crippen LogP contribution in [0.15, 0.2) is 0 Å². The number of carbonyl (C=O) groups is 1. The molecule has 0 amide bonds. The molecule has 2 rings (SSSR count). The van der Waals surface area contributed by atoms with Crippen molar-refractivity contribution in [2.45, 2.75) is 55.4 Å². The summed E-state index contributed by atoms with van der Waals surface area (Å²) in [6.45, 7) is -1.47. The number of methoxy groups -OCH3 is 2. The van der Waals surface area contributed by atoms with Crippen molar-refractivity contribution in [3.63, 3.8) is 0 Å². The third-order valence-electron chi connectivity index (χ3n) is 4.85. The maximum absolute atomic E-state index is 11.6. The van der Waals surface area contributed by atoms with Crippen molar-refractivity contribution >= 4 is 37.2 Å². The molecule has 0 aromatic carbocycles. The van der Waals surface area contributed by atoms with Gasteiger partial charge in [0.2, 0.25) is 31.2 Å². The minimum atomic E-state index is -5.68. The molecule has 0 aromatic rings. The first-order valence-corrected chi connectivity index (χ1v) is 13.5. The zero-order valence-electron chi connectivity index (χ0n) is 18.2. The van der Waals surface area contributed by atoms with E-state index in [0.717, 1.165) is 7.11 Å². The molecule has 0 saturated carbocycles. The van der Waals surface area contributed by atoms with E-state index in [1.165, 1.54) is 7.11 Å². The lowest BCUT2D eigenvalue weighted by Crippen LogP contribution is -2.63. The lowest BCUT2D eigenvalue weighted by molar-refractivity contribution is -0.346. The van der Waals surface area contributed by atoms with Gasteiger partial charge >= 0.3 is 0 Å². The van der Waals surface area contributed by atoms with E-state index >= 15 is 0 Å². The van der Waals surface area contributed by atoms with Crippen LogP contribution in [-0.2, 0) is 72.2 Å². The molecule has 0 aliphatic carbocycles. The molecule has 0 bridgehead atoms. The van der Waals surface area contributed by atoms with Crippen molar-refractivity contribution in [1.29, 1.82) is 0 Å². The molecule has 36 heavy (non-hydrogen) atoms. The molecule has 0 aromatic heterocycles. The fraction of sp³-hybridized carbons (Fsp3) is 0.929. The Labute approximate surface area is 205 Å². The number of carboxylic acids is 1. The summed E-state index contributed by atoms with van der Waals surface area (Å²) in [6.07, 6.45) is -15.4.